The average Bonchev–Trinajstić information content (AvgIpc) is 3.38. The summed E-state index contributed by atoms with van der Waals surface area (Å²) in [6, 6.07) is 14.2. The summed E-state index contributed by atoms with van der Waals surface area (Å²) in [4.78, 5) is 0.0763. The van der Waals surface area contributed by atoms with Crippen molar-refractivity contribution in [3.05, 3.63) is 66.0 Å². The van der Waals surface area contributed by atoms with E-state index >= 15 is 0 Å². The van der Waals surface area contributed by atoms with Crippen molar-refractivity contribution in [2.45, 2.75) is 36.5 Å². The number of sulfonamides is 2. The van der Waals surface area contributed by atoms with Crippen LogP contribution in [0.25, 0.3) is 5.69 Å². The van der Waals surface area contributed by atoms with Crippen LogP contribution in [0.3, 0.4) is 0 Å². The van der Waals surface area contributed by atoms with E-state index in [1.54, 1.807) is 22.9 Å². The van der Waals surface area contributed by atoms with Crippen molar-refractivity contribution < 1.29 is 16.8 Å². The van der Waals surface area contributed by atoms with Gasteiger partial charge in [0.25, 0.3) is 10.0 Å². The first-order chi connectivity index (χ1) is 14.7. The molecule has 2 aromatic carbocycles. The van der Waals surface area contributed by atoms with Gasteiger partial charge in [-0.3, -0.25) is 4.72 Å². The Balaban J connectivity index is 1.63. The third kappa shape index (κ3) is 4.23. The second-order valence-electron chi connectivity index (χ2n) is 7.54. The fourth-order valence-corrected chi connectivity index (χ4v) is 6.28. The van der Waals surface area contributed by atoms with Gasteiger partial charge < -0.3 is 0 Å². The van der Waals surface area contributed by atoms with Crippen molar-refractivity contribution >= 4 is 25.7 Å². The van der Waals surface area contributed by atoms with Gasteiger partial charge in [-0.15, -0.1) is 0 Å². The third-order valence-corrected chi connectivity index (χ3v) is 8.52. The van der Waals surface area contributed by atoms with Crippen LogP contribution in [0, 0.1) is 13.8 Å². The van der Waals surface area contributed by atoms with Crippen molar-refractivity contribution in [2.75, 3.05) is 17.8 Å². The molecule has 1 aliphatic rings. The highest BCUT2D eigenvalue weighted by molar-refractivity contribution is 7.92. The molecule has 8 nitrogen and oxygen atoms in total. The molecule has 1 N–H and O–H groups in total. The minimum atomic E-state index is -3.93. The molecule has 1 saturated heterocycles. The van der Waals surface area contributed by atoms with Gasteiger partial charge in [0, 0.05) is 18.8 Å². The van der Waals surface area contributed by atoms with Gasteiger partial charge in [-0.2, -0.15) is 9.40 Å². The molecule has 1 aliphatic heterocycles. The molecule has 0 aliphatic carbocycles. The van der Waals surface area contributed by atoms with Crippen LogP contribution in [0.2, 0.25) is 0 Å². The Bertz CT molecular complexity index is 1310. The third-order valence-electron chi connectivity index (χ3n) is 5.22. The average molecular weight is 461 g/mol. The summed E-state index contributed by atoms with van der Waals surface area (Å²) in [5, 5.41) is 4.43. The zero-order valence-electron chi connectivity index (χ0n) is 17.3. The molecule has 3 aromatic rings. The van der Waals surface area contributed by atoms with Crippen molar-refractivity contribution in [1.29, 1.82) is 0 Å². The molecular weight excluding hydrogens is 436 g/mol. The largest absolute Gasteiger partial charge is 0.277 e. The Morgan fingerprint density at radius 2 is 1.48 bits per heavy atom. The topological polar surface area (TPSA) is 101 Å². The summed E-state index contributed by atoms with van der Waals surface area (Å²) < 4.78 is 57.0. The molecule has 0 bridgehead atoms. The molecule has 4 rings (SSSR count). The minimum Gasteiger partial charge on any atom is -0.277 e. The number of para-hydroxylation sites is 2. The summed E-state index contributed by atoms with van der Waals surface area (Å²) in [6.07, 6.45) is 1.68. The van der Waals surface area contributed by atoms with E-state index in [-0.39, 0.29) is 9.79 Å². The maximum Gasteiger partial charge on any atom is 0.261 e. The summed E-state index contributed by atoms with van der Waals surface area (Å²) >= 11 is 0. The SMILES string of the molecule is Cc1cc(C)n(-c2ccccc2NS(=O)(=O)c2ccc(S(=O)(=O)N3CCCC3)cc2)n1. The number of anilines is 1. The maximum atomic E-state index is 13.0. The van der Waals surface area contributed by atoms with Gasteiger partial charge in [0.05, 0.1) is 26.9 Å². The number of hydrogen-bond acceptors (Lipinski definition) is 5. The Kier molecular flexibility index (Phi) is 5.63. The van der Waals surface area contributed by atoms with Crippen molar-refractivity contribution in [1.82, 2.24) is 14.1 Å². The van der Waals surface area contributed by atoms with Crippen LogP contribution in [-0.4, -0.2) is 44.0 Å². The van der Waals surface area contributed by atoms with Gasteiger partial charge >= 0.3 is 0 Å². The first-order valence-corrected chi connectivity index (χ1v) is 12.9. The van der Waals surface area contributed by atoms with E-state index < -0.39 is 20.0 Å². The van der Waals surface area contributed by atoms with Gasteiger partial charge in [-0.1, -0.05) is 12.1 Å². The van der Waals surface area contributed by atoms with E-state index in [1.165, 1.54) is 28.6 Å². The summed E-state index contributed by atoms with van der Waals surface area (Å²) in [7, 11) is -7.53. The molecule has 0 spiro atoms. The van der Waals surface area contributed by atoms with Crippen molar-refractivity contribution in [2.24, 2.45) is 0 Å². The van der Waals surface area contributed by atoms with E-state index in [1.807, 2.05) is 26.0 Å². The summed E-state index contributed by atoms with van der Waals surface area (Å²) in [5.74, 6) is 0. The zero-order valence-corrected chi connectivity index (χ0v) is 18.9. The number of benzene rings is 2. The van der Waals surface area contributed by atoms with Crippen molar-refractivity contribution in [3.8, 4) is 5.69 Å². The van der Waals surface area contributed by atoms with Crippen LogP contribution >= 0.6 is 0 Å². The molecule has 1 aromatic heterocycles. The van der Waals surface area contributed by atoms with E-state index in [9.17, 15) is 16.8 Å². The Labute approximate surface area is 182 Å². The molecule has 2 heterocycles. The lowest BCUT2D eigenvalue weighted by Gasteiger charge is -2.16. The molecule has 31 heavy (non-hydrogen) atoms. The normalized spacial score (nSPS) is 15.3. The van der Waals surface area contributed by atoms with Crippen LogP contribution < -0.4 is 4.72 Å². The predicted molar refractivity (Wildman–Crippen MR) is 118 cm³/mol. The number of hydrogen-bond donors (Lipinski definition) is 1. The molecule has 1 fully saturated rings. The standard InChI is InChI=1S/C21H24N4O4S2/c1-16-15-17(2)25(22-16)21-8-4-3-7-20(21)23-30(26,27)18-9-11-19(12-10-18)31(28,29)24-13-5-6-14-24/h3-4,7-12,15,23H,5-6,13-14H2,1-2H3. The molecule has 10 heteroatoms. The highest BCUT2D eigenvalue weighted by Gasteiger charge is 2.27. The van der Waals surface area contributed by atoms with E-state index in [2.05, 4.69) is 9.82 Å². The Morgan fingerprint density at radius 3 is 2.10 bits per heavy atom. The molecule has 0 amide bonds. The number of nitrogens with zero attached hydrogens (tertiary/aromatic N) is 3. The van der Waals surface area contributed by atoms with E-state index in [4.69, 9.17) is 0 Å². The van der Waals surface area contributed by atoms with Crippen LogP contribution in [0.4, 0.5) is 5.69 Å². The van der Waals surface area contributed by atoms with E-state index in [0.29, 0.717) is 24.5 Å². The number of aromatic nitrogens is 2. The zero-order chi connectivity index (χ0) is 22.2. The van der Waals surface area contributed by atoms with Gasteiger partial charge in [0.2, 0.25) is 10.0 Å². The molecule has 0 saturated carbocycles. The van der Waals surface area contributed by atoms with Crippen LogP contribution in [-0.2, 0) is 20.0 Å². The lowest BCUT2D eigenvalue weighted by atomic mass is 10.2. The molecule has 0 radical (unpaired) electrons. The van der Waals surface area contributed by atoms with Gasteiger partial charge in [-0.25, -0.2) is 21.5 Å². The molecule has 0 atom stereocenters. The second kappa shape index (κ2) is 8.10. The number of aryl methyl sites for hydroxylation is 2. The molecular formula is C21H24N4O4S2. The Hall–Kier alpha value is -2.69. The first-order valence-electron chi connectivity index (χ1n) is 9.94. The van der Waals surface area contributed by atoms with Gasteiger partial charge in [-0.05, 0) is 69.2 Å². The van der Waals surface area contributed by atoms with E-state index in [0.717, 1.165) is 24.2 Å². The van der Waals surface area contributed by atoms with Crippen LogP contribution in [0.1, 0.15) is 24.2 Å². The quantitative estimate of drug-likeness (QED) is 0.609. The maximum absolute atomic E-state index is 13.0. The fraction of sp³-hybridized carbons (Fsp3) is 0.286. The highest BCUT2D eigenvalue weighted by Crippen LogP contribution is 2.26. The molecule has 164 valence electrons. The second-order valence-corrected chi connectivity index (χ2v) is 11.2. The van der Waals surface area contributed by atoms with Gasteiger partial charge in [0.15, 0.2) is 0 Å². The monoisotopic (exact) mass is 460 g/mol. The lowest BCUT2D eigenvalue weighted by Crippen LogP contribution is -2.27. The van der Waals surface area contributed by atoms with Gasteiger partial charge in [0.1, 0.15) is 0 Å². The summed E-state index contributed by atoms with van der Waals surface area (Å²) in [5.41, 5.74) is 2.68. The highest BCUT2D eigenvalue weighted by atomic mass is 32.2. The number of rotatable bonds is 6. The number of nitrogens with one attached hydrogen (secondary N) is 1. The summed E-state index contributed by atoms with van der Waals surface area (Å²) in [6.45, 7) is 4.75. The van der Waals surface area contributed by atoms with Crippen LogP contribution in [0.5, 0.6) is 0 Å². The lowest BCUT2D eigenvalue weighted by molar-refractivity contribution is 0.477. The fourth-order valence-electron chi connectivity index (χ4n) is 3.69. The minimum absolute atomic E-state index is 0.0176. The van der Waals surface area contributed by atoms with Crippen LogP contribution in [0.15, 0.2) is 64.4 Å². The predicted octanol–water partition coefficient (Wildman–Crippen LogP) is 3.07. The smallest absolute Gasteiger partial charge is 0.261 e. The Morgan fingerprint density at radius 1 is 0.871 bits per heavy atom. The first kappa shape index (κ1) is 21.5. The molecule has 0 unspecified atom stereocenters. The van der Waals surface area contributed by atoms with Crippen molar-refractivity contribution in [3.63, 3.8) is 0 Å².